The van der Waals surface area contributed by atoms with Crippen molar-refractivity contribution >= 4 is 38.9 Å². The highest BCUT2D eigenvalue weighted by Crippen LogP contribution is 2.24. The Balaban J connectivity index is 1.77. The maximum absolute atomic E-state index is 4.25. The summed E-state index contributed by atoms with van der Waals surface area (Å²) in [6.07, 6.45) is 1.54. The zero-order chi connectivity index (χ0) is 15.4. The van der Waals surface area contributed by atoms with E-state index in [2.05, 4.69) is 49.5 Å². The van der Waals surface area contributed by atoms with Gasteiger partial charge < -0.3 is 10.6 Å². The molecule has 0 unspecified atom stereocenters. The van der Waals surface area contributed by atoms with Crippen LogP contribution in [0.2, 0.25) is 0 Å². The molecule has 3 rings (SSSR count). The maximum Gasteiger partial charge on any atom is 0.135 e. The summed E-state index contributed by atoms with van der Waals surface area (Å²) in [5, 5.41) is 6.53. The molecular formula is C17H15BrN4. The van der Waals surface area contributed by atoms with Crippen molar-refractivity contribution in [3.05, 3.63) is 71.0 Å². The largest absolute Gasteiger partial charge is 0.340 e. The molecular weight excluding hydrogens is 340 g/mol. The van der Waals surface area contributed by atoms with Gasteiger partial charge in [-0.3, -0.25) is 0 Å². The topological polar surface area (TPSA) is 49.8 Å². The lowest BCUT2D eigenvalue weighted by atomic mass is 10.2. The molecule has 0 fully saturated rings. The zero-order valence-corrected chi connectivity index (χ0v) is 13.6. The van der Waals surface area contributed by atoms with Crippen LogP contribution in [0, 0.1) is 6.92 Å². The molecule has 110 valence electrons. The predicted molar refractivity (Wildman–Crippen MR) is 93.9 cm³/mol. The third-order valence-corrected chi connectivity index (χ3v) is 4.01. The van der Waals surface area contributed by atoms with E-state index in [9.17, 15) is 0 Å². The number of benzene rings is 2. The van der Waals surface area contributed by atoms with Crippen molar-refractivity contribution in [2.75, 3.05) is 10.6 Å². The molecule has 0 spiro atoms. The first kappa shape index (κ1) is 14.5. The molecule has 22 heavy (non-hydrogen) atoms. The van der Waals surface area contributed by atoms with Crippen molar-refractivity contribution in [1.82, 2.24) is 9.97 Å². The lowest BCUT2D eigenvalue weighted by Gasteiger charge is -2.09. The number of nitrogens with one attached hydrogen (secondary N) is 2. The molecule has 2 N–H and O–H groups in total. The van der Waals surface area contributed by atoms with Gasteiger partial charge in [0.25, 0.3) is 0 Å². The Bertz CT molecular complexity index is 775. The van der Waals surface area contributed by atoms with Gasteiger partial charge in [0, 0.05) is 21.9 Å². The molecule has 0 aliphatic heterocycles. The van der Waals surface area contributed by atoms with E-state index in [1.54, 1.807) is 0 Å². The smallest absolute Gasteiger partial charge is 0.135 e. The lowest BCUT2D eigenvalue weighted by Crippen LogP contribution is -1.98. The SMILES string of the molecule is Cc1ccc(Nc2cc(Nc3ccccc3)ncn2)cc1Br. The summed E-state index contributed by atoms with van der Waals surface area (Å²) in [6, 6.07) is 17.9. The number of nitrogens with zero attached hydrogens (tertiary/aromatic N) is 2. The van der Waals surface area contributed by atoms with Crippen molar-refractivity contribution in [2.45, 2.75) is 6.92 Å². The monoisotopic (exact) mass is 354 g/mol. The fraction of sp³-hybridized carbons (Fsp3) is 0.0588. The standard InChI is InChI=1S/C17H15BrN4/c1-12-7-8-14(9-15(12)18)22-17-10-16(19-11-20-17)21-13-5-3-2-4-6-13/h2-11H,1H3,(H2,19,20,21,22). The van der Waals surface area contributed by atoms with Crippen LogP contribution < -0.4 is 10.6 Å². The molecule has 0 amide bonds. The highest BCUT2D eigenvalue weighted by Gasteiger charge is 2.02. The van der Waals surface area contributed by atoms with Crippen LogP contribution in [0.25, 0.3) is 0 Å². The van der Waals surface area contributed by atoms with Crippen LogP contribution in [0.3, 0.4) is 0 Å². The molecule has 0 radical (unpaired) electrons. The minimum Gasteiger partial charge on any atom is -0.340 e. The van der Waals surface area contributed by atoms with Crippen LogP contribution >= 0.6 is 15.9 Å². The molecule has 3 aromatic rings. The second kappa shape index (κ2) is 6.58. The third-order valence-electron chi connectivity index (χ3n) is 3.16. The van der Waals surface area contributed by atoms with Crippen molar-refractivity contribution in [3.63, 3.8) is 0 Å². The summed E-state index contributed by atoms with van der Waals surface area (Å²) < 4.78 is 1.06. The van der Waals surface area contributed by atoms with E-state index in [1.165, 1.54) is 11.9 Å². The zero-order valence-electron chi connectivity index (χ0n) is 12.0. The number of aromatic nitrogens is 2. The summed E-state index contributed by atoms with van der Waals surface area (Å²) in [5.74, 6) is 1.49. The Hall–Kier alpha value is -2.40. The summed E-state index contributed by atoms with van der Waals surface area (Å²) in [7, 11) is 0. The van der Waals surface area contributed by atoms with Crippen LogP contribution in [0.1, 0.15) is 5.56 Å². The predicted octanol–water partition coefficient (Wildman–Crippen LogP) is 5.03. The first-order valence-electron chi connectivity index (χ1n) is 6.88. The van der Waals surface area contributed by atoms with Gasteiger partial charge in [-0.2, -0.15) is 0 Å². The van der Waals surface area contributed by atoms with E-state index in [0.29, 0.717) is 0 Å². The highest BCUT2D eigenvalue weighted by atomic mass is 79.9. The third kappa shape index (κ3) is 3.62. The first-order valence-corrected chi connectivity index (χ1v) is 7.67. The fourth-order valence-electron chi connectivity index (χ4n) is 1.98. The normalized spacial score (nSPS) is 10.3. The van der Waals surface area contributed by atoms with E-state index in [0.717, 1.165) is 27.5 Å². The van der Waals surface area contributed by atoms with Crippen molar-refractivity contribution in [3.8, 4) is 0 Å². The van der Waals surface area contributed by atoms with Gasteiger partial charge in [0.05, 0.1) is 0 Å². The molecule has 2 aromatic carbocycles. The van der Waals surface area contributed by atoms with Crippen LogP contribution in [-0.2, 0) is 0 Å². The van der Waals surface area contributed by atoms with E-state index in [4.69, 9.17) is 0 Å². The van der Waals surface area contributed by atoms with E-state index in [1.807, 2.05) is 48.5 Å². The Labute approximate surface area is 137 Å². The van der Waals surface area contributed by atoms with Crippen LogP contribution in [-0.4, -0.2) is 9.97 Å². The molecule has 0 bridgehead atoms. The minimum absolute atomic E-state index is 0.740. The summed E-state index contributed by atoms with van der Waals surface area (Å²) >= 11 is 3.53. The number of rotatable bonds is 4. The number of para-hydroxylation sites is 1. The van der Waals surface area contributed by atoms with Gasteiger partial charge >= 0.3 is 0 Å². The van der Waals surface area contributed by atoms with Crippen molar-refractivity contribution in [1.29, 1.82) is 0 Å². The molecule has 5 heteroatoms. The molecule has 0 saturated heterocycles. The number of hydrogen-bond acceptors (Lipinski definition) is 4. The van der Waals surface area contributed by atoms with E-state index >= 15 is 0 Å². The van der Waals surface area contributed by atoms with Crippen molar-refractivity contribution in [2.24, 2.45) is 0 Å². The molecule has 1 aromatic heterocycles. The number of anilines is 4. The molecule has 0 atom stereocenters. The van der Waals surface area contributed by atoms with E-state index < -0.39 is 0 Å². The number of halogens is 1. The summed E-state index contributed by atoms with van der Waals surface area (Å²) in [4.78, 5) is 8.49. The van der Waals surface area contributed by atoms with Gasteiger partial charge in [-0.25, -0.2) is 9.97 Å². The fourth-order valence-corrected chi connectivity index (χ4v) is 2.36. The highest BCUT2D eigenvalue weighted by molar-refractivity contribution is 9.10. The van der Waals surface area contributed by atoms with Crippen LogP contribution in [0.5, 0.6) is 0 Å². The van der Waals surface area contributed by atoms with Gasteiger partial charge in [-0.1, -0.05) is 40.2 Å². The average molecular weight is 355 g/mol. The Kier molecular flexibility index (Phi) is 4.34. The van der Waals surface area contributed by atoms with Gasteiger partial charge in [-0.15, -0.1) is 0 Å². The van der Waals surface area contributed by atoms with Gasteiger partial charge in [0.1, 0.15) is 18.0 Å². The minimum atomic E-state index is 0.740. The van der Waals surface area contributed by atoms with Crippen LogP contribution in [0.4, 0.5) is 23.0 Å². The quantitative estimate of drug-likeness (QED) is 0.689. The van der Waals surface area contributed by atoms with E-state index in [-0.39, 0.29) is 0 Å². The lowest BCUT2D eigenvalue weighted by molar-refractivity contribution is 1.17. The first-order chi connectivity index (χ1) is 10.7. The number of hydrogen-bond donors (Lipinski definition) is 2. The molecule has 1 heterocycles. The molecule has 4 nitrogen and oxygen atoms in total. The summed E-state index contributed by atoms with van der Waals surface area (Å²) in [5.41, 5.74) is 3.16. The van der Waals surface area contributed by atoms with Crippen LogP contribution in [0.15, 0.2) is 65.4 Å². The molecule has 0 aliphatic carbocycles. The maximum atomic E-state index is 4.25. The average Bonchev–Trinajstić information content (AvgIpc) is 2.52. The van der Waals surface area contributed by atoms with Gasteiger partial charge in [-0.05, 0) is 36.8 Å². The molecule has 0 aliphatic rings. The van der Waals surface area contributed by atoms with Gasteiger partial charge in [0.2, 0.25) is 0 Å². The number of aryl methyl sites for hydroxylation is 1. The van der Waals surface area contributed by atoms with Gasteiger partial charge in [0.15, 0.2) is 0 Å². The second-order valence-corrected chi connectivity index (χ2v) is 5.72. The molecule has 0 saturated carbocycles. The second-order valence-electron chi connectivity index (χ2n) is 4.87. The van der Waals surface area contributed by atoms with Crippen molar-refractivity contribution < 1.29 is 0 Å². The Morgan fingerprint density at radius 3 is 2.18 bits per heavy atom. The summed E-state index contributed by atoms with van der Waals surface area (Å²) in [6.45, 7) is 2.06. The Morgan fingerprint density at radius 1 is 0.818 bits per heavy atom. The Morgan fingerprint density at radius 2 is 1.50 bits per heavy atom.